The third-order valence-electron chi connectivity index (χ3n) is 5.25. The van der Waals surface area contributed by atoms with Crippen LogP contribution in [-0.4, -0.2) is 36.1 Å². The number of nitrogens with one attached hydrogen (secondary N) is 1. The highest BCUT2D eigenvalue weighted by Gasteiger charge is 2.27. The van der Waals surface area contributed by atoms with Crippen molar-refractivity contribution in [3.63, 3.8) is 0 Å². The monoisotopic (exact) mass is 384 g/mol. The largest absolute Gasteiger partial charge is 0.459 e. The van der Waals surface area contributed by atoms with Gasteiger partial charge < -0.3 is 24.1 Å². The molecule has 4 rings (SSSR count). The molecule has 28 heavy (non-hydrogen) atoms. The minimum absolute atomic E-state index is 0.0457. The number of fused-ring (bicyclic) bond motifs is 1. The van der Waals surface area contributed by atoms with Gasteiger partial charge in [-0.15, -0.1) is 0 Å². The van der Waals surface area contributed by atoms with Crippen LogP contribution < -0.4 is 14.8 Å². The summed E-state index contributed by atoms with van der Waals surface area (Å²) < 4.78 is 15.9. The Bertz CT molecular complexity index is 827. The van der Waals surface area contributed by atoms with Crippen LogP contribution in [0.3, 0.4) is 0 Å². The molecule has 148 valence electrons. The van der Waals surface area contributed by atoms with Gasteiger partial charge in [-0.3, -0.25) is 9.59 Å². The predicted molar refractivity (Wildman–Crippen MR) is 101 cm³/mol. The number of carbonyl (C=O) groups is 2. The minimum atomic E-state index is -0.305. The minimum Gasteiger partial charge on any atom is -0.459 e. The first kappa shape index (κ1) is 18.4. The van der Waals surface area contributed by atoms with Gasteiger partial charge in [0.2, 0.25) is 12.7 Å². The van der Waals surface area contributed by atoms with E-state index < -0.39 is 0 Å². The molecule has 1 aromatic carbocycles. The van der Waals surface area contributed by atoms with Crippen LogP contribution in [-0.2, 0) is 11.3 Å². The van der Waals surface area contributed by atoms with E-state index in [0.717, 1.165) is 42.7 Å². The van der Waals surface area contributed by atoms with Gasteiger partial charge in [0.25, 0.3) is 5.91 Å². The number of benzene rings is 1. The molecular weight excluding hydrogens is 360 g/mol. The van der Waals surface area contributed by atoms with E-state index in [9.17, 15) is 9.59 Å². The summed E-state index contributed by atoms with van der Waals surface area (Å²) in [7, 11) is 0. The van der Waals surface area contributed by atoms with Gasteiger partial charge in [0.05, 0.1) is 6.26 Å². The zero-order chi connectivity index (χ0) is 19.3. The van der Waals surface area contributed by atoms with E-state index in [-0.39, 0.29) is 43.4 Å². The molecule has 1 fully saturated rings. The van der Waals surface area contributed by atoms with Crippen molar-refractivity contribution in [1.29, 1.82) is 0 Å². The van der Waals surface area contributed by atoms with E-state index in [4.69, 9.17) is 13.9 Å². The van der Waals surface area contributed by atoms with Crippen molar-refractivity contribution in [1.82, 2.24) is 10.2 Å². The molecule has 0 atom stereocenters. The molecular formula is C21H24N2O5. The average Bonchev–Trinajstić information content (AvgIpc) is 3.47. The molecule has 0 unspecified atom stereocenters. The summed E-state index contributed by atoms with van der Waals surface area (Å²) in [4.78, 5) is 26.8. The number of hydrogen-bond acceptors (Lipinski definition) is 5. The van der Waals surface area contributed by atoms with Crippen LogP contribution in [0.2, 0.25) is 0 Å². The maximum Gasteiger partial charge on any atom is 0.286 e. The van der Waals surface area contributed by atoms with Crippen LogP contribution in [0.25, 0.3) is 0 Å². The molecule has 1 N–H and O–H groups in total. The number of ether oxygens (including phenoxy) is 2. The molecule has 0 spiro atoms. The fraction of sp³-hybridized carbons (Fsp3) is 0.429. The van der Waals surface area contributed by atoms with Crippen LogP contribution in [0.4, 0.5) is 0 Å². The Balaban J connectivity index is 1.38. The highest BCUT2D eigenvalue weighted by Crippen LogP contribution is 2.33. The van der Waals surface area contributed by atoms with Gasteiger partial charge >= 0.3 is 0 Å². The Morgan fingerprint density at radius 2 is 1.93 bits per heavy atom. The summed E-state index contributed by atoms with van der Waals surface area (Å²) in [6.45, 7) is 1.05. The number of amides is 2. The molecule has 2 heterocycles. The third-order valence-corrected chi connectivity index (χ3v) is 5.25. The Morgan fingerprint density at radius 3 is 2.71 bits per heavy atom. The molecule has 1 aliphatic heterocycles. The molecule has 0 saturated heterocycles. The topological polar surface area (TPSA) is 81.0 Å². The molecule has 1 aliphatic carbocycles. The SMILES string of the molecule is O=C(NCCC(=O)N(Cc1ccc2c(c1)OCO2)C1CCCC1)c1ccco1. The summed E-state index contributed by atoms with van der Waals surface area (Å²) in [5.41, 5.74) is 1.02. The van der Waals surface area contributed by atoms with E-state index in [1.54, 1.807) is 12.1 Å². The summed E-state index contributed by atoms with van der Waals surface area (Å²) >= 11 is 0. The van der Waals surface area contributed by atoms with Crippen molar-refractivity contribution in [3.8, 4) is 11.5 Å². The van der Waals surface area contributed by atoms with Gasteiger partial charge in [-0.1, -0.05) is 18.9 Å². The molecule has 2 aliphatic rings. The number of carbonyl (C=O) groups excluding carboxylic acids is 2. The zero-order valence-corrected chi connectivity index (χ0v) is 15.7. The lowest BCUT2D eigenvalue weighted by molar-refractivity contribution is -0.134. The molecule has 0 radical (unpaired) electrons. The number of hydrogen-bond donors (Lipinski definition) is 1. The van der Waals surface area contributed by atoms with Crippen molar-refractivity contribution in [2.24, 2.45) is 0 Å². The summed E-state index contributed by atoms with van der Waals surface area (Å²) in [6, 6.07) is 9.31. The van der Waals surface area contributed by atoms with Gasteiger partial charge in [0.15, 0.2) is 17.3 Å². The van der Waals surface area contributed by atoms with Crippen molar-refractivity contribution in [2.45, 2.75) is 44.7 Å². The summed E-state index contributed by atoms with van der Waals surface area (Å²) in [5, 5.41) is 2.74. The van der Waals surface area contributed by atoms with E-state index in [0.29, 0.717) is 6.54 Å². The Hall–Kier alpha value is -2.96. The van der Waals surface area contributed by atoms with E-state index in [1.165, 1.54) is 6.26 Å². The highest BCUT2D eigenvalue weighted by molar-refractivity contribution is 5.91. The molecule has 0 bridgehead atoms. The number of furan rings is 1. The van der Waals surface area contributed by atoms with Crippen LogP contribution in [0.5, 0.6) is 11.5 Å². The Labute approximate surface area is 163 Å². The normalized spacial score (nSPS) is 15.6. The average molecular weight is 384 g/mol. The molecule has 7 heteroatoms. The Kier molecular flexibility index (Phi) is 5.50. The van der Waals surface area contributed by atoms with Crippen molar-refractivity contribution < 1.29 is 23.5 Å². The number of rotatable bonds is 7. The second-order valence-electron chi connectivity index (χ2n) is 7.13. The van der Waals surface area contributed by atoms with Gasteiger partial charge in [-0.25, -0.2) is 0 Å². The lowest BCUT2D eigenvalue weighted by atomic mass is 10.1. The first-order chi connectivity index (χ1) is 13.7. The molecule has 7 nitrogen and oxygen atoms in total. The second-order valence-corrected chi connectivity index (χ2v) is 7.13. The predicted octanol–water partition coefficient (Wildman–Crippen LogP) is 3.10. The quantitative estimate of drug-likeness (QED) is 0.793. The first-order valence-electron chi connectivity index (χ1n) is 9.70. The number of nitrogens with zero attached hydrogens (tertiary/aromatic N) is 1. The van der Waals surface area contributed by atoms with E-state index in [1.807, 2.05) is 23.1 Å². The van der Waals surface area contributed by atoms with Gasteiger partial charge in [0, 0.05) is 25.6 Å². The van der Waals surface area contributed by atoms with Gasteiger partial charge in [-0.2, -0.15) is 0 Å². The van der Waals surface area contributed by atoms with Crippen molar-refractivity contribution >= 4 is 11.8 Å². The smallest absolute Gasteiger partial charge is 0.286 e. The zero-order valence-electron chi connectivity index (χ0n) is 15.7. The van der Waals surface area contributed by atoms with Crippen molar-refractivity contribution in [3.05, 3.63) is 47.9 Å². The fourth-order valence-corrected chi connectivity index (χ4v) is 3.79. The van der Waals surface area contributed by atoms with Gasteiger partial charge in [0.1, 0.15) is 0 Å². The maximum atomic E-state index is 12.9. The standard InChI is InChI=1S/C21H24N2O5/c24-20(9-10-22-21(25)18-6-3-11-26-18)23(16-4-1-2-5-16)13-15-7-8-17-19(12-15)28-14-27-17/h3,6-8,11-12,16H,1-2,4-5,9-10,13-14H2,(H,22,25). The van der Waals surface area contributed by atoms with Crippen LogP contribution >= 0.6 is 0 Å². The second kappa shape index (κ2) is 8.37. The van der Waals surface area contributed by atoms with E-state index >= 15 is 0 Å². The molecule has 1 saturated carbocycles. The van der Waals surface area contributed by atoms with Gasteiger partial charge in [-0.05, 0) is 42.7 Å². The molecule has 1 aromatic heterocycles. The molecule has 2 aromatic rings. The Morgan fingerprint density at radius 1 is 1.11 bits per heavy atom. The summed E-state index contributed by atoms with van der Waals surface area (Å²) in [5.74, 6) is 1.45. The maximum absolute atomic E-state index is 12.9. The van der Waals surface area contributed by atoms with Crippen LogP contribution in [0.15, 0.2) is 41.0 Å². The first-order valence-corrected chi connectivity index (χ1v) is 9.70. The van der Waals surface area contributed by atoms with Crippen LogP contribution in [0.1, 0.15) is 48.2 Å². The third kappa shape index (κ3) is 4.13. The van der Waals surface area contributed by atoms with Crippen LogP contribution in [0, 0.1) is 0 Å². The highest BCUT2D eigenvalue weighted by atomic mass is 16.7. The summed E-state index contributed by atoms with van der Waals surface area (Å²) in [6.07, 6.45) is 6.04. The van der Waals surface area contributed by atoms with E-state index in [2.05, 4.69) is 5.32 Å². The molecule has 2 amide bonds. The van der Waals surface area contributed by atoms with Crippen molar-refractivity contribution in [2.75, 3.05) is 13.3 Å². The lowest BCUT2D eigenvalue weighted by Crippen LogP contribution is -2.40. The lowest BCUT2D eigenvalue weighted by Gasteiger charge is -2.29. The fourth-order valence-electron chi connectivity index (χ4n) is 3.79.